The Balaban J connectivity index is 2.19. The molecule has 0 N–H and O–H groups in total. The summed E-state index contributed by atoms with van der Waals surface area (Å²) >= 11 is 0. The van der Waals surface area contributed by atoms with Crippen molar-refractivity contribution >= 4 is 0 Å². The van der Waals surface area contributed by atoms with Gasteiger partial charge in [0.15, 0.2) is 18.9 Å². The van der Waals surface area contributed by atoms with Gasteiger partial charge in [-0.3, -0.25) is 4.98 Å². The Hall–Kier alpha value is -1.70. The Kier molecular flexibility index (Phi) is 2.54. The highest BCUT2D eigenvalue weighted by atomic mass is 14.9. The van der Waals surface area contributed by atoms with Gasteiger partial charge in [-0.2, -0.15) is 0 Å². The maximum absolute atomic E-state index is 4.09. The molecule has 2 aromatic heterocycles. The van der Waals surface area contributed by atoms with Crippen LogP contribution in [-0.2, 0) is 6.54 Å². The lowest BCUT2D eigenvalue weighted by atomic mass is 10.2. The van der Waals surface area contributed by atoms with E-state index in [0.29, 0.717) is 0 Å². The number of rotatable bonds is 2. The first kappa shape index (κ1) is 8.88. The first-order valence-electron chi connectivity index (χ1n) is 4.69. The summed E-state index contributed by atoms with van der Waals surface area (Å²) in [6.07, 6.45) is 7.90. The molecule has 0 amide bonds. The van der Waals surface area contributed by atoms with Crippen molar-refractivity contribution in [1.82, 2.24) is 4.98 Å². The molecule has 0 unspecified atom stereocenters. The van der Waals surface area contributed by atoms with Crippen molar-refractivity contribution in [3.8, 4) is 0 Å². The summed E-state index contributed by atoms with van der Waals surface area (Å²) in [4.78, 5) is 4.09. The smallest absolute Gasteiger partial charge is 0.175 e. The SMILES string of the molecule is Cc1ccc[n+](Cc2cccnc2)c1. The summed E-state index contributed by atoms with van der Waals surface area (Å²) in [6.45, 7) is 2.98. The molecule has 0 aliphatic heterocycles. The maximum Gasteiger partial charge on any atom is 0.175 e. The summed E-state index contributed by atoms with van der Waals surface area (Å²) in [7, 11) is 0. The van der Waals surface area contributed by atoms with Crippen molar-refractivity contribution in [2.45, 2.75) is 13.5 Å². The third-order valence-corrected chi connectivity index (χ3v) is 2.09. The molecule has 0 saturated carbocycles. The van der Waals surface area contributed by atoms with Gasteiger partial charge in [-0.1, -0.05) is 0 Å². The van der Waals surface area contributed by atoms with E-state index in [-0.39, 0.29) is 0 Å². The second-order valence-electron chi connectivity index (χ2n) is 3.41. The van der Waals surface area contributed by atoms with Crippen LogP contribution in [0.1, 0.15) is 11.1 Å². The summed E-state index contributed by atoms with van der Waals surface area (Å²) in [5.74, 6) is 0. The van der Waals surface area contributed by atoms with Crippen LogP contribution in [0.15, 0.2) is 49.1 Å². The van der Waals surface area contributed by atoms with E-state index in [4.69, 9.17) is 0 Å². The van der Waals surface area contributed by atoms with Gasteiger partial charge in [0.2, 0.25) is 0 Å². The van der Waals surface area contributed by atoms with E-state index in [1.807, 2.05) is 12.3 Å². The van der Waals surface area contributed by atoms with Gasteiger partial charge >= 0.3 is 0 Å². The predicted molar refractivity (Wildman–Crippen MR) is 54.7 cm³/mol. The van der Waals surface area contributed by atoms with Crippen LogP contribution >= 0.6 is 0 Å². The molecule has 2 nitrogen and oxygen atoms in total. The highest BCUT2D eigenvalue weighted by Gasteiger charge is 2.01. The third kappa shape index (κ3) is 2.16. The van der Waals surface area contributed by atoms with E-state index in [0.717, 1.165) is 6.54 Å². The fraction of sp³-hybridized carbons (Fsp3) is 0.167. The molecule has 2 aromatic rings. The Morgan fingerprint density at radius 1 is 1.29 bits per heavy atom. The first-order chi connectivity index (χ1) is 6.84. The molecule has 0 saturated heterocycles. The summed E-state index contributed by atoms with van der Waals surface area (Å²) < 4.78 is 2.16. The minimum absolute atomic E-state index is 0.884. The normalized spacial score (nSPS) is 10.1. The molecule has 0 bridgehead atoms. The van der Waals surface area contributed by atoms with Gasteiger partial charge in [0.25, 0.3) is 0 Å². The van der Waals surface area contributed by atoms with Crippen LogP contribution in [0.4, 0.5) is 0 Å². The van der Waals surface area contributed by atoms with E-state index >= 15 is 0 Å². The zero-order valence-corrected chi connectivity index (χ0v) is 8.22. The van der Waals surface area contributed by atoms with Crippen molar-refractivity contribution in [2.24, 2.45) is 0 Å². The molecule has 2 rings (SSSR count). The van der Waals surface area contributed by atoms with E-state index in [1.54, 1.807) is 6.20 Å². The lowest BCUT2D eigenvalue weighted by Crippen LogP contribution is -2.33. The van der Waals surface area contributed by atoms with Crippen LogP contribution in [0.25, 0.3) is 0 Å². The van der Waals surface area contributed by atoms with Gasteiger partial charge in [-0.15, -0.1) is 0 Å². The largest absolute Gasteiger partial charge is 0.264 e. The second-order valence-corrected chi connectivity index (χ2v) is 3.41. The van der Waals surface area contributed by atoms with Gasteiger partial charge in [-0.05, 0) is 25.1 Å². The van der Waals surface area contributed by atoms with E-state index < -0.39 is 0 Å². The molecule has 70 valence electrons. The number of hydrogen-bond acceptors (Lipinski definition) is 1. The van der Waals surface area contributed by atoms with E-state index in [2.05, 4.69) is 47.1 Å². The number of hydrogen-bond donors (Lipinski definition) is 0. The topological polar surface area (TPSA) is 16.8 Å². The van der Waals surface area contributed by atoms with Crippen molar-refractivity contribution in [2.75, 3.05) is 0 Å². The zero-order valence-electron chi connectivity index (χ0n) is 8.22. The van der Waals surface area contributed by atoms with Crippen molar-refractivity contribution in [3.63, 3.8) is 0 Å². The minimum atomic E-state index is 0.884. The van der Waals surface area contributed by atoms with Crippen LogP contribution in [0.5, 0.6) is 0 Å². The fourth-order valence-corrected chi connectivity index (χ4v) is 1.45. The minimum Gasteiger partial charge on any atom is -0.264 e. The maximum atomic E-state index is 4.09. The standard InChI is InChI=1S/C12H13N2/c1-11-4-3-7-14(9-11)10-12-5-2-6-13-8-12/h2-9H,10H2,1H3/q+1. The number of aromatic nitrogens is 2. The average Bonchev–Trinajstić information content (AvgIpc) is 2.19. The molecular formula is C12H13N2+. The molecule has 0 aliphatic rings. The third-order valence-electron chi connectivity index (χ3n) is 2.09. The Morgan fingerprint density at radius 2 is 2.21 bits per heavy atom. The Morgan fingerprint density at radius 3 is 2.93 bits per heavy atom. The molecular weight excluding hydrogens is 172 g/mol. The first-order valence-corrected chi connectivity index (χ1v) is 4.69. The molecule has 0 aliphatic carbocycles. The number of pyridine rings is 2. The summed E-state index contributed by atoms with van der Waals surface area (Å²) in [5.41, 5.74) is 2.50. The molecule has 0 atom stereocenters. The van der Waals surface area contributed by atoms with Crippen LogP contribution < -0.4 is 4.57 Å². The van der Waals surface area contributed by atoms with Crippen molar-refractivity contribution < 1.29 is 4.57 Å². The monoisotopic (exact) mass is 185 g/mol. The van der Waals surface area contributed by atoms with E-state index in [1.165, 1.54) is 11.1 Å². The van der Waals surface area contributed by atoms with E-state index in [9.17, 15) is 0 Å². The highest BCUT2D eigenvalue weighted by Crippen LogP contribution is 1.95. The van der Waals surface area contributed by atoms with Gasteiger partial charge in [0.1, 0.15) is 0 Å². The predicted octanol–water partition coefficient (Wildman–Crippen LogP) is 1.73. The van der Waals surface area contributed by atoms with Crippen LogP contribution in [0.3, 0.4) is 0 Å². The zero-order chi connectivity index (χ0) is 9.80. The Labute approximate surface area is 83.9 Å². The van der Waals surface area contributed by atoms with Gasteiger partial charge in [0.05, 0.1) is 0 Å². The lowest BCUT2D eigenvalue weighted by molar-refractivity contribution is -0.688. The average molecular weight is 185 g/mol. The quantitative estimate of drug-likeness (QED) is 0.651. The highest BCUT2D eigenvalue weighted by molar-refractivity contribution is 5.07. The van der Waals surface area contributed by atoms with Crippen molar-refractivity contribution in [3.05, 3.63) is 60.2 Å². The molecule has 0 radical (unpaired) electrons. The van der Waals surface area contributed by atoms with Crippen molar-refractivity contribution in [1.29, 1.82) is 0 Å². The number of aryl methyl sites for hydroxylation is 1. The summed E-state index contributed by atoms with van der Waals surface area (Å²) in [5, 5.41) is 0. The molecule has 0 aromatic carbocycles. The van der Waals surface area contributed by atoms with Gasteiger partial charge < -0.3 is 0 Å². The van der Waals surface area contributed by atoms with Gasteiger partial charge in [0, 0.05) is 29.6 Å². The van der Waals surface area contributed by atoms with Crippen LogP contribution in [0.2, 0.25) is 0 Å². The number of nitrogens with zero attached hydrogens (tertiary/aromatic N) is 2. The molecule has 0 spiro atoms. The molecule has 2 heterocycles. The second kappa shape index (κ2) is 4.01. The fourth-order valence-electron chi connectivity index (χ4n) is 1.45. The Bertz CT molecular complexity index is 410. The molecule has 2 heteroatoms. The lowest BCUT2D eigenvalue weighted by Gasteiger charge is -1.97. The molecule has 0 fully saturated rings. The summed E-state index contributed by atoms with van der Waals surface area (Å²) in [6, 6.07) is 8.21. The molecule has 14 heavy (non-hydrogen) atoms. The van der Waals surface area contributed by atoms with Crippen LogP contribution in [0, 0.1) is 6.92 Å². The van der Waals surface area contributed by atoms with Crippen LogP contribution in [-0.4, -0.2) is 4.98 Å². The van der Waals surface area contributed by atoms with Gasteiger partial charge in [-0.25, -0.2) is 4.57 Å².